The van der Waals surface area contributed by atoms with Gasteiger partial charge in [-0.25, -0.2) is 4.98 Å². The van der Waals surface area contributed by atoms with Gasteiger partial charge in [0.25, 0.3) is 0 Å². The standard InChI is InChI=1S/C22H18N2O4/c1-13(25)22-21(10-14-6-4-5-7-16(14)24-22)28-18-8-9-23-17-12-20(27-3)19(26-2)11-15(17)18/h4-12H,1-3H3. The lowest BCUT2D eigenvalue weighted by atomic mass is 10.1. The minimum atomic E-state index is -0.168. The van der Waals surface area contributed by atoms with Gasteiger partial charge >= 0.3 is 0 Å². The summed E-state index contributed by atoms with van der Waals surface area (Å²) in [4.78, 5) is 21.0. The van der Waals surface area contributed by atoms with Crippen LogP contribution in [0, 0.1) is 0 Å². The third kappa shape index (κ3) is 3.09. The molecule has 0 aliphatic rings. The first kappa shape index (κ1) is 17.7. The molecule has 0 amide bonds. The second-order valence-corrected chi connectivity index (χ2v) is 6.22. The number of aromatic nitrogens is 2. The molecule has 2 aromatic carbocycles. The third-order valence-electron chi connectivity index (χ3n) is 4.45. The number of hydrogen-bond acceptors (Lipinski definition) is 6. The number of carbonyl (C=O) groups excluding carboxylic acids is 1. The van der Waals surface area contributed by atoms with E-state index in [1.807, 2.05) is 30.3 Å². The molecule has 0 saturated carbocycles. The normalized spacial score (nSPS) is 10.8. The van der Waals surface area contributed by atoms with Gasteiger partial charge in [-0.3, -0.25) is 9.78 Å². The summed E-state index contributed by atoms with van der Waals surface area (Å²) in [7, 11) is 3.14. The van der Waals surface area contributed by atoms with Crippen molar-refractivity contribution in [3.05, 3.63) is 60.4 Å². The average molecular weight is 374 g/mol. The number of benzene rings is 2. The molecule has 6 heteroatoms. The highest BCUT2D eigenvalue weighted by atomic mass is 16.5. The Hall–Kier alpha value is -3.67. The summed E-state index contributed by atoms with van der Waals surface area (Å²) in [5, 5.41) is 1.63. The second-order valence-electron chi connectivity index (χ2n) is 6.22. The van der Waals surface area contributed by atoms with Gasteiger partial charge in [0.2, 0.25) is 0 Å². The number of para-hydroxylation sites is 1. The van der Waals surface area contributed by atoms with Crippen molar-refractivity contribution in [3.63, 3.8) is 0 Å². The molecule has 28 heavy (non-hydrogen) atoms. The number of nitrogens with zero attached hydrogens (tertiary/aromatic N) is 2. The lowest BCUT2D eigenvalue weighted by Gasteiger charge is -2.14. The van der Waals surface area contributed by atoms with Crippen LogP contribution in [0.4, 0.5) is 0 Å². The van der Waals surface area contributed by atoms with Crippen molar-refractivity contribution in [2.24, 2.45) is 0 Å². The van der Waals surface area contributed by atoms with Gasteiger partial charge in [0, 0.05) is 30.0 Å². The summed E-state index contributed by atoms with van der Waals surface area (Å²) in [6.07, 6.45) is 1.64. The Morgan fingerprint density at radius 1 is 0.857 bits per heavy atom. The molecule has 0 aliphatic carbocycles. The molecule has 4 aromatic rings. The number of Topliss-reactive ketones (excluding diaryl/α,β-unsaturated/α-hetero) is 1. The largest absolute Gasteiger partial charge is 0.493 e. The first-order valence-corrected chi connectivity index (χ1v) is 8.70. The van der Waals surface area contributed by atoms with Gasteiger partial charge in [-0.05, 0) is 24.3 Å². The van der Waals surface area contributed by atoms with Crippen LogP contribution in [0.15, 0.2) is 54.7 Å². The van der Waals surface area contributed by atoms with Crippen molar-refractivity contribution in [2.45, 2.75) is 6.92 Å². The molecule has 0 spiro atoms. The molecular formula is C22H18N2O4. The smallest absolute Gasteiger partial charge is 0.181 e. The first-order valence-electron chi connectivity index (χ1n) is 8.70. The van der Waals surface area contributed by atoms with Gasteiger partial charge in [0.05, 0.1) is 25.3 Å². The van der Waals surface area contributed by atoms with Crippen molar-refractivity contribution in [1.29, 1.82) is 0 Å². The predicted molar refractivity (Wildman–Crippen MR) is 107 cm³/mol. The lowest BCUT2D eigenvalue weighted by Crippen LogP contribution is -2.02. The number of carbonyl (C=O) groups is 1. The van der Waals surface area contributed by atoms with E-state index in [4.69, 9.17) is 14.2 Å². The Balaban J connectivity index is 1.88. The minimum Gasteiger partial charge on any atom is -0.493 e. The molecule has 6 nitrogen and oxygen atoms in total. The molecule has 140 valence electrons. The van der Waals surface area contributed by atoms with Crippen molar-refractivity contribution < 1.29 is 19.0 Å². The van der Waals surface area contributed by atoms with Crippen LogP contribution in [0.1, 0.15) is 17.4 Å². The zero-order chi connectivity index (χ0) is 19.7. The van der Waals surface area contributed by atoms with E-state index in [0.29, 0.717) is 28.5 Å². The van der Waals surface area contributed by atoms with Crippen molar-refractivity contribution in [3.8, 4) is 23.0 Å². The summed E-state index contributed by atoms with van der Waals surface area (Å²) < 4.78 is 16.9. The van der Waals surface area contributed by atoms with Gasteiger partial charge in [-0.15, -0.1) is 0 Å². The average Bonchev–Trinajstić information content (AvgIpc) is 2.72. The van der Waals surface area contributed by atoms with Gasteiger partial charge in [0.1, 0.15) is 11.4 Å². The van der Waals surface area contributed by atoms with Crippen LogP contribution >= 0.6 is 0 Å². The monoisotopic (exact) mass is 374 g/mol. The molecule has 0 aliphatic heterocycles. The number of fused-ring (bicyclic) bond motifs is 2. The van der Waals surface area contributed by atoms with E-state index in [9.17, 15) is 4.79 Å². The Kier molecular flexibility index (Phi) is 4.53. The Morgan fingerprint density at radius 2 is 1.61 bits per heavy atom. The van der Waals surface area contributed by atoms with E-state index < -0.39 is 0 Å². The molecule has 0 bridgehead atoms. The first-order chi connectivity index (χ1) is 13.6. The number of ether oxygens (including phenoxy) is 3. The maximum atomic E-state index is 12.2. The van der Waals surface area contributed by atoms with Crippen LogP contribution < -0.4 is 14.2 Å². The number of rotatable bonds is 5. The number of pyridine rings is 2. The molecule has 0 radical (unpaired) electrons. The van der Waals surface area contributed by atoms with E-state index in [-0.39, 0.29) is 11.5 Å². The minimum absolute atomic E-state index is 0.168. The summed E-state index contributed by atoms with van der Waals surface area (Å²) in [5.41, 5.74) is 1.71. The maximum absolute atomic E-state index is 12.2. The SMILES string of the molecule is COc1cc2nccc(Oc3cc4ccccc4nc3C(C)=O)c2cc1OC. The van der Waals surface area contributed by atoms with Crippen LogP contribution in [0.2, 0.25) is 0 Å². The van der Waals surface area contributed by atoms with Crippen molar-refractivity contribution >= 4 is 27.6 Å². The van der Waals surface area contributed by atoms with Crippen LogP contribution in [0.3, 0.4) is 0 Å². The molecule has 0 atom stereocenters. The summed E-state index contributed by atoms with van der Waals surface area (Å²) in [5.74, 6) is 1.92. The third-order valence-corrected chi connectivity index (χ3v) is 4.45. The van der Waals surface area contributed by atoms with E-state index in [0.717, 1.165) is 16.3 Å². The van der Waals surface area contributed by atoms with Crippen LogP contribution in [-0.2, 0) is 0 Å². The molecule has 0 saturated heterocycles. The fourth-order valence-electron chi connectivity index (χ4n) is 3.08. The van der Waals surface area contributed by atoms with Gasteiger partial charge in [0.15, 0.2) is 23.0 Å². The van der Waals surface area contributed by atoms with Gasteiger partial charge in [-0.1, -0.05) is 18.2 Å². The molecule has 0 N–H and O–H groups in total. The fraction of sp³-hybridized carbons (Fsp3) is 0.136. The predicted octanol–water partition coefficient (Wildman–Crippen LogP) is 4.80. The van der Waals surface area contributed by atoms with E-state index in [1.165, 1.54) is 6.92 Å². The maximum Gasteiger partial charge on any atom is 0.181 e. The molecule has 4 rings (SSSR count). The summed E-state index contributed by atoms with van der Waals surface area (Å²) >= 11 is 0. The zero-order valence-electron chi connectivity index (χ0n) is 15.7. The topological polar surface area (TPSA) is 70.5 Å². The Bertz CT molecular complexity index is 1200. The van der Waals surface area contributed by atoms with Crippen molar-refractivity contribution in [1.82, 2.24) is 9.97 Å². The van der Waals surface area contributed by atoms with Crippen LogP contribution in [0.5, 0.6) is 23.0 Å². The highest BCUT2D eigenvalue weighted by Gasteiger charge is 2.16. The van der Waals surface area contributed by atoms with Crippen LogP contribution in [0.25, 0.3) is 21.8 Å². The fourth-order valence-corrected chi connectivity index (χ4v) is 3.08. The number of methoxy groups -OCH3 is 2. The van der Waals surface area contributed by atoms with Crippen LogP contribution in [-0.4, -0.2) is 30.0 Å². The number of hydrogen-bond donors (Lipinski definition) is 0. The molecule has 2 heterocycles. The molecule has 2 aromatic heterocycles. The molecular weight excluding hydrogens is 356 g/mol. The summed E-state index contributed by atoms with van der Waals surface area (Å²) in [6, 6.07) is 14.8. The van der Waals surface area contributed by atoms with E-state index in [2.05, 4.69) is 9.97 Å². The quantitative estimate of drug-likeness (QED) is 0.468. The van der Waals surface area contributed by atoms with E-state index in [1.54, 1.807) is 38.6 Å². The molecule has 0 fully saturated rings. The summed E-state index contributed by atoms with van der Waals surface area (Å²) in [6.45, 7) is 1.47. The van der Waals surface area contributed by atoms with Gasteiger partial charge in [-0.2, -0.15) is 0 Å². The second kappa shape index (κ2) is 7.15. The highest BCUT2D eigenvalue weighted by molar-refractivity contribution is 5.98. The zero-order valence-corrected chi connectivity index (χ0v) is 15.7. The number of ketones is 1. The highest BCUT2D eigenvalue weighted by Crippen LogP contribution is 2.37. The Labute approximate surface area is 161 Å². The van der Waals surface area contributed by atoms with Gasteiger partial charge < -0.3 is 14.2 Å². The lowest BCUT2D eigenvalue weighted by molar-refractivity contribution is 0.101. The van der Waals surface area contributed by atoms with E-state index >= 15 is 0 Å². The van der Waals surface area contributed by atoms with Crippen molar-refractivity contribution in [2.75, 3.05) is 14.2 Å². The molecule has 0 unspecified atom stereocenters. The Morgan fingerprint density at radius 3 is 2.36 bits per heavy atom.